The maximum Gasteiger partial charge on any atom is 0.335 e. The van der Waals surface area contributed by atoms with Gasteiger partial charge in [0.15, 0.2) is 0 Å². The number of nitrogens with one attached hydrogen (secondary N) is 2. The van der Waals surface area contributed by atoms with Crippen LogP contribution in [0.15, 0.2) is 66.7 Å². The summed E-state index contributed by atoms with van der Waals surface area (Å²) in [5.74, 6) is -3.34. The summed E-state index contributed by atoms with van der Waals surface area (Å²) < 4.78 is 27.4. The summed E-state index contributed by atoms with van der Waals surface area (Å²) in [6.07, 6.45) is 3.60. The zero-order valence-corrected chi connectivity index (χ0v) is 25.3. The Morgan fingerprint density at radius 1 is 1.05 bits per heavy atom. The molecule has 0 saturated heterocycles. The van der Waals surface area contributed by atoms with Crippen LogP contribution in [0, 0.1) is 0 Å². The maximum atomic E-state index is 14.3. The zero-order valence-electron chi connectivity index (χ0n) is 23.8. The Labute approximate surface area is 259 Å². The molecule has 3 aromatic carbocycles. The quantitative estimate of drug-likeness (QED) is 0.254. The van der Waals surface area contributed by atoms with Crippen molar-refractivity contribution in [3.05, 3.63) is 99.6 Å². The van der Waals surface area contributed by atoms with Gasteiger partial charge < -0.3 is 15.1 Å². The number of carbonyl (C=O) groups is 3. The molecule has 0 bridgehead atoms. The van der Waals surface area contributed by atoms with Gasteiger partial charge in [0.25, 0.3) is 11.8 Å². The first-order chi connectivity index (χ1) is 20.9. The number of aromatic carboxylic acids is 1. The second-order valence-corrected chi connectivity index (χ2v) is 13.3. The van der Waals surface area contributed by atoms with Crippen molar-refractivity contribution in [2.75, 3.05) is 6.26 Å². The lowest BCUT2D eigenvalue weighted by Gasteiger charge is -2.49. The first-order valence-electron chi connectivity index (χ1n) is 14.0. The Balaban J connectivity index is 1.56. The van der Waals surface area contributed by atoms with Gasteiger partial charge in [0, 0.05) is 22.7 Å². The van der Waals surface area contributed by atoms with Gasteiger partial charge in [-0.15, -0.1) is 0 Å². The average Bonchev–Trinajstić information content (AvgIpc) is 2.97. The van der Waals surface area contributed by atoms with E-state index in [1.54, 1.807) is 41.3 Å². The number of rotatable bonds is 9. The summed E-state index contributed by atoms with van der Waals surface area (Å²) in [5.41, 5.74) is 4.10. The summed E-state index contributed by atoms with van der Waals surface area (Å²) in [6.45, 7) is -0.135. The van der Waals surface area contributed by atoms with Gasteiger partial charge in [-0.1, -0.05) is 48.7 Å². The van der Waals surface area contributed by atoms with E-state index in [-0.39, 0.29) is 29.0 Å². The third-order valence-corrected chi connectivity index (χ3v) is 8.97. The number of amides is 2. The van der Waals surface area contributed by atoms with Crippen molar-refractivity contribution in [3.63, 3.8) is 0 Å². The van der Waals surface area contributed by atoms with Crippen LogP contribution in [0.5, 0.6) is 5.75 Å². The van der Waals surface area contributed by atoms with Crippen molar-refractivity contribution in [2.45, 2.75) is 56.3 Å². The summed E-state index contributed by atoms with van der Waals surface area (Å²) in [7, 11) is -3.62. The first-order valence-corrected chi connectivity index (χ1v) is 16.3. The van der Waals surface area contributed by atoms with E-state index in [1.165, 1.54) is 30.3 Å². The van der Waals surface area contributed by atoms with Gasteiger partial charge in [-0.25, -0.2) is 23.4 Å². The van der Waals surface area contributed by atoms with E-state index in [0.717, 1.165) is 19.1 Å². The van der Waals surface area contributed by atoms with Crippen LogP contribution in [-0.4, -0.2) is 59.7 Å². The lowest BCUT2D eigenvalue weighted by atomic mass is 9.76. The van der Waals surface area contributed by atoms with E-state index in [9.17, 15) is 33.0 Å². The molecule has 4 atom stereocenters. The molecule has 1 heterocycles. The third kappa shape index (κ3) is 6.88. The van der Waals surface area contributed by atoms with Gasteiger partial charge in [0.1, 0.15) is 5.75 Å². The Morgan fingerprint density at radius 3 is 2.48 bits per heavy atom. The van der Waals surface area contributed by atoms with Crippen molar-refractivity contribution in [3.8, 4) is 5.75 Å². The molecular formula is C31H32ClN3O8S. The van der Waals surface area contributed by atoms with Gasteiger partial charge in [-0.3, -0.25) is 14.4 Å². The number of nitrogens with zero attached hydrogens (tertiary/aromatic N) is 1. The number of carboxylic acid groups (broad SMARTS) is 1. The van der Waals surface area contributed by atoms with Crippen LogP contribution in [0.1, 0.15) is 75.0 Å². The SMILES string of the molecule is CS(=O)(=O)N[C@H]1CCCC[C@@H]1N1C(=O)c2ccc(O)cc2[C@@H](C(=O)NOCc2cccc(C(=O)O)c2)[C@@H]1c1ccc(Cl)cc1. The Bertz CT molecular complexity index is 1680. The number of sulfonamides is 1. The molecule has 1 aliphatic heterocycles. The van der Waals surface area contributed by atoms with E-state index in [4.69, 9.17) is 16.4 Å². The van der Waals surface area contributed by atoms with E-state index in [0.29, 0.717) is 29.0 Å². The maximum absolute atomic E-state index is 14.3. The molecule has 1 fully saturated rings. The molecule has 1 saturated carbocycles. The molecule has 5 rings (SSSR count). The molecule has 0 radical (unpaired) electrons. The molecule has 1 aliphatic carbocycles. The highest BCUT2D eigenvalue weighted by Gasteiger charge is 2.49. The molecule has 0 spiro atoms. The number of aromatic hydroxyl groups is 1. The van der Waals surface area contributed by atoms with Crippen LogP contribution in [0.4, 0.5) is 0 Å². The molecule has 2 aliphatic rings. The second kappa shape index (κ2) is 12.9. The fourth-order valence-corrected chi connectivity index (χ4v) is 7.11. The number of phenols is 1. The van der Waals surface area contributed by atoms with Gasteiger partial charge in [-0.05, 0) is 72.0 Å². The number of hydroxylamine groups is 1. The highest BCUT2D eigenvalue weighted by Crippen LogP contribution is 2.47. The Kier molecular flexibility index (Phi) is 9.26. The van der Waals surface area contributed by atoms with E-state index < -0.39 is 51.9 Å². The van der Waals surface area contributed by atoms with Crippen molar-refractivity contribution in [1.82, 2.24) is 15.1 Å². The molecule has 11 nitrogen and oxygen atoms in total. The number of carbonyl (C=O) groups excluding carboxylic acids is 2. The number of halogens is 1. The lowest BCUT2D eigenvalue weighted by Crippen LogP contribution is -2.59. The smallest absolute Gasteiger partial charge is 0.335 e. The fourth-order valence-electron chi connectivity index (χ4n) is 6.16. The molecule has 13 heteroatoms. The minimum atomic E-state index is -3.62. The molecule has 2 amide bonds. The molecule has 232 valence electrons. The van der Waals surface area contributed by atoms with Gasteiger partial charge in [0.05, 0.1) is 30.4 Å². The predicted molar refractivity (Wildman–Crippen MR) is 162 cm³/mol. The number of hydrogen-bond acceptors (Lipinski definition) is 7. The van der Waals surface area contributed by atoms with Crippen LogP contribution in [-0.2, 0) is 26.3 Å². The van der Waals surface area contributed by atoms with Crippen LogP contribution >= 0.6 is 11.6 Å². The molecule has 0 aromatic heterocycles. The van der Waals surface area contributed by atoms with Crippen molar-refractivity contribution in [2.24, 2.45) is 0 Å². The summed E-state index contributed by atoms with van der Waals surface area (Å²) in [4.78, 5) is 46.8. The topological polar surface area (TPSA) is 162 Å². The number of carboxylic acids is 1. The van der Waals surface area contributed by atoms with Crippen molar-refractivity contribution in [1.29, 1.82) is 0 Å². The normalized spacial score (nSPS) is 21.9. The number of benzene rings is 3. The van der Waals surface area contributed by atoms with Crippen molar-refractivity contribution >= 4 is 39.4 Å². The van der Waals surface area contributed by atoms with Crippen LogP contribution in [0.3, 0.4) is 0 Å². The molecule has 44 heavy (non-hydrogen) atoms. The van der Waals surface area contributed by atoms with E-state index in [1.807, 2.05) is 0 Å². The zero-order chi connectivity index (χ0) is 31.6. The summed E-state index contributed by atoms with van der Waals surface area (Å²) >= 11 is 6.19. The van der Waals surface area contributed by atoms with E-state index >= 15 is 0 Å². The number of phenolic OH excluding ortho intramolecular Hbond substituents is 1. The minimum Gasteiger partial charge on any atom is -0.508 e. The standard InChI is InChI=1S/C31H32ClN3O8S/c1-44(41,42)34-25-7-2-3-8-26(25)35-28(19-9-11-21(32)12-10-19)27(24-16-22(36)13-14-23(24)30(35)38)29(37)33-43-17-18-5-4-6-20(15-18)31(39)40/h4-6,9-16,25-28,34,36H,2-3,7-8,17H2,1H3,(H,33,37)(H,39,40)/t25-,26-,27+,28-/m0/s1. The lowest BCUT2D eigenvalue weighted by molar-refractivity contribution is -0.138. The number of hydrogen-bond donors (Lipinski definition) is 4. The highest BCUT2D eigenvalue weighted by molar-refractivity contribution is 7.88. The Hall–Kier alpha value is -3.97. The van der Waals surface area contributed by atoms with Gasteiger partial charge >= 0.3 is 5.97 Å². The molecular weight excluding hydrogens is 610 g/mol. The van der Waals surface area contributed by atoms with E-state index in [2.05, 4.69) is 10.2 Å². The average molecular weight is 642 g/mol. The van der Waals surface area contributed by atoms with Gasteiger partial charge in [0.2, 0.25) is 10.0 Å². The number of fused-ring (bicyclic) bond motifs is 1. The van der Waals surface area contributed by atoms with Crippen molar-refractivity contribution < 1.29 is 37.9 Å². The highest BCUT2D eigenvalue weighted by atomic mass is 35.5. The monoisotopic (exact) mass is 641 g/mol. The summed E-state index contributed by atoms with van der Waals surface area (Å²) in [5, 5.41) is 20.2. The second-order valence-electron chi connectivity index (χ2n) is 11.1. The molecule has 4 N–H and O–H groups in total. The third-order valence-electron chi connectivity index (χ3n) is 7.98. The predicted octanol–water partition coefficient (Wildman–Crippen LogP) is 4.13. The first kappa shape index (κ1) is 31.5. The largest absolute Gasteiger partial charge is 0.508 e. The Morgan fingerprint density at radius 2 is 1.77 bits per heavy atom. The fraction of sp³-hybridized carbons (Fsp3) is 0.323. The molecule has 0 unspecified atom stereocenters. The minimum absolute atomic E-state index is 0.0656. The summed E-state index contributed by atoms with van der Waals surface area (Å²) in [6, 6.07) is 14.9. The molecule has 3 aromatic rings. The van der Waals surface area contributed by atoms with Crippen LogP contribution < -0.4 is 10.2 Å². The van der Waals surface area contributed by atoms with Gasteiger partial charge in [-0.2, -0.15) is 0 Å². The van der Waals surface area contributed by atoms with Crippen LogP contribution in [0.2, 0.25) is 5.02 Å². The van der Waals surface area contributed by atoms with Crippen LogP contribution in [0.25, 0.3) is 0 Å².